The van der Waals surface area contributed by atoms with Gasteiger partial charge in [-0.05, 0) is 44.5 Å². The van der Waals surface area contributed by atoms with Gasteiger partial charge >= 0.3 is 5.97 Å². The summed E-state index contributed by atoms with van der Waals surface area (Å²) in [6, 6.07) is 7.08. The maximum Gasteiger partial charge on any atom is 0.317 e. The van der Waals surface area contributed by atoms with E-state index in [-0.39, 0.29) is 17.2 Å². The highest BCUT2D eigenvalue weighted by atomic mass is 16.6. The zero-order chi connectivity index (χ0) is 17.5. The van der Waals surface area contributed by atoms with Gasteiger partial charge in [-0.25, -0.2) is 0 Å². The van der Waals surface area contributed by atoms with Crippen LogP contribution in [0.5, 0.6) is 0 Å². The number of nitro benzene ring substituents is 1. The highest BCUT2D eigenvalue weighted by Gasteiger charge is 2.24. The molecule has 0 radical (unpaired) electrons. The Labute approximate surface area is 142 Å². The van der Waals surface area contributed by atoms with Gasteiger partial charge in [-0.15, -0.1) is 0 Å². The van der Waals surface area contributed by atoms with Crippen molar-refractivity contribution in [3.8, 4) is 0 Å². The van der Waals surface area contributed by atoms with Crippen LogP contribution in [0.25, 0.3) is 0 Å². The Morgan fingerprint density at radius 1 is 1.33 bits per heavy atom. The minimum Gasteiger partial charge on any atom is -0.480 e. The number of piperidine rings is 1. The molecule has 7 heteroatoms. The van der Waals surface area contributed by atoms with Gasteiger partial charge in [0.15, 0.2) is 0 Å². The summed E-state index contributed by atoms with van der Waals surface area (Å²) in [4.78, 5) is 25.6. The fourth-order valence-electron chi connectivity index (χ4n) is 3.25. The SMILES string of the molecule is CCN(CC(=O)O)C1CCN(CCc2ccc([N+](=O)[O-])cc2)CC1. The molecule has 1 N–H and O–H groups in total. The van der Waals surface area contributed by atoms with Crippen LogP contribution in [0.2, 0.25) is 0 Å². The summed E-state index contributed by atoms with van der Waals surface area (Å²) < 4.78 is 0. The molecule has 7 nitrogen and oxygen atoms in total. The zero-order valence-corrected chi connectivity index (χ0v) is 14.1. The van der Waals surface area contributed by atoms with Gasteiger partial charge in [0.25, 0.3) is 5.69 Å². The highest BCUT2D eigenvalue weighted by molar-refractivity contribution is 5.69. The van der Waals surface area contributed by atoms with Crippen molar-refractivity contribution in [2.24, 2.45) is 0 Å². The van der Waals surface area contributed by atoms with E-state index in [0.717, 1.165) is 51.0 Å². The molecule has 0 aliphatic carbocycles. The number of non-ortho nitro benzene ring substituents is 1. The van der Waals surface area contributed by atoms with Crippen molar-refractivity contribution in [2.45, 2.75) is 32.2 Å². The number of hydrogen-bond acceptors (Lipinski definition) is 5. The van der Waals surface area contributed by atoms with Gasteiger partial charge in [0.05, 0.1) is 11.5 Å². The third-order valence-corrected chi connectivity index (χ3v) is 4.68. The summed E-state index contributed by atoms with van der Waals surface area (Å²) in [6.45, 7) is 5.74. The zero-order valence-electron chi connectivity index (χ0n) is 14.1. The number of carbonyl (C=O) groups is 1. The number of likely N-dealkylation sites (tertiary alicyclic amines) is 1. The molecule has 0 spiro atoms. The first kappa shape index (κ1) is 18.4. The smallest absolute Gasteiger partial charge is 0.317 e. The van der Waals surface area contributed by atoms with Crippen molar-refractivity contribution >= 4 is 11.7 Å². The summed E-state index contributed by atoms with van der Waals surface area (Å²) in [5.41, 5.74) is 1.22. The van der Waals surface area contributed by atoms with Crippen LogP contribution in [-0.4, -0.2) is 64.6 Å². The van der Waals surface area contributed by atoms with Gasteiger partial charge in [0.2, 0.25) is 0 Å². The van der Waals surface area contributed by atoms with Crippen molar-refractivity contribution in [1.29, 1.82) is 0 Å². The Bertz CT molecular complexity index is 553. The highest BCUT2D eigenvalue weighted by Crippen LogP contribution is 2.17. The Morgan fingerprint density at radius 2 is 1.96 bits per heavy atom. The average Bonchev–Trinajstić information content (AvgIpc) is 2.58. The second-order valence-electron chi connectivity index (χ2n) is 6.20. The van der Waals surface area contributed by atoms with E-state index in [2.05, 4.69) is 4.90 Å². The summed E-state index contributed by atoms with van der Waals surface area (Å²) in [7, 11) is 0. The molecule has 1 fully saturated rings. The summed E-state index contributed by atoms with van der Waals surface area (Å²) in [5.74, 6) is -0.766. The molecular formula is C17H25N3O4. The number of nitrogens with zero attached hydrogens (tertiary/aromatic N) is 3. The lowest BCUT2D eigenvalue weighted by Crippen LogP contribution is -2.46. The predicted molar refractivity (Wildman–Crippen MR) is 91.1 cm³/mol. The Morgan fingerprint density at radius 3 is 2.46 bits per heavy atom. The van der Waals surface area contributed by atoms with E-state index in [9.17, 15) is 14.9 Å². The second-order valence-corrected chi connectivity index (χ2v) is 6.20. The van der Waals surface area contributed by atoms with Gasteiger partial charge in [-0.3, -0.25) is 19.8 Å². The first-order valence-electron chi connectivity index (χ1n) is 8.41. The van der Waals surface area contributed by atoms with Crippen LogP contribution in [0.4, 0.5) is 5.69 Å². The van der Waals surface area contributed by atoms with Crippen LogP contribution in [0.15, 0.2) is 24.3 Å². The van der Waals surface area contributed by atoms with Crippen LogP contribution in [0.3, 0.4) is 0 Å². The molecule has 1 saturated heterocycles. The quantitative estimate of drug-likeness (QED) is 0.578. The molecule has 1 aliphatic heterocycles. The molecule has 132 valence electrons. The molecule has 1 aromatic carbocycles. The lowest BCUT2D eigenvalue weighted by Gasteiger charge is -2.37. The fourth-order valence-corrected chi connectivity index (χ4v) is 3.25. The molecular weight excluding hydrogens is 310 g/mol. The number of rotatable bonds is 8. The fraction of sp³-hybridized carbons (Fsp3) is 0.588. The number of hydrogen-bond donors (Lipinski definition) is 1. The molecule has 1 aromatic rings. The number of nitro groups is 1. The maximum absolute atomic E-state index is 10.9. The van der Waals surface area contributed by atoms with E-state index in [0.29, 0.717) is 6.04 Å². The van der Waals surface area contributed by atoms with E-state index in [4.69, 9.17) is 5.11 Å². The first-order chi connectivity index (χ1) is 11.5. The van der Waals surface area contributed by atoms with Gasteiger partial charge in [-0.2, -0.15) is 0 Å². The largest absolute Gasteiger partial charge is 0.480 e. The van der Waals surface area contributed by atoms with Gasteiger partial charge < -0.3 is 10.0 Å². The lowest BCUT2D eigenvalue weighted by molar-refractivity contribution is -0.384. The van der Waals surface area contributed by atoms with E-state index in [1.54, 1.807) is 12.1 Å². The molecule has 0 bridgehead atoms. The summed E-state index contributed by atoms with van der Waals surface area (Å²) in [5, 5.41) is 19.6. The monoisotopic (exact) mass is 335 g/mol. The van der Waals surface area contributed by atoms with E-state index in [1.807, 2.05) is 24.0 Å². The summed E-state index contributed by atoms with van der Waals surface area (Å²) >= 11 is 0. The van der Waals surface area contributed by atoms with Gasteiger partial charge in [-0.1, -0.05) is 19.1 Å². The van der Waals surface area contributed by atoms with Crippen LogP contribution < -0.4 is 0 Å². The maximum atomic E-state index is 10.9. The third kappa shape index (κ3) is 5.28. The van der Waals surface area contributed by atoms with E-state index < -0.39 is 5.97 Å². The van der Waals surface area contributed by atoms with Crippen molar-refractivity contribution in [2.75, 3.05) is 32.7 Å². The van der Waals surface area contributed by atoms with Crippen LogP contribution in [0, 0.1) is 10.1 Å². The minimum atomic E-state index is -0.766. The third-order valence-electron chi connectivity index (χ3n) is 4.68. The van der Waals surface area contributed by atoms with Gasteiger partial charge in [0, 0.05) is 24.7 Å². The Hall–Kier alpha value is -1.99. The number of benzene rings is 1. The standard InChI is InChI=1S/C17H25N3O4/c1-2-19(13-17(21)22)15-8-11-18(12-9-15)10-7-14-3-5-16(6-4-14)20(23)24/h3-6,15H,2,7-13H2,1H3,(H,21,22). The normalized spacial score (nSPS) is 16.4. The summed E-state index contributed by atoms with van der Waals surface area (Å²) in [6.07, 6.45) is 2.85. The Balaban J connectivity index is 1.76. The molecule has 1 aliphatic rings. The first-order valence-corrected chi connectivity index (χ1v) is 8.41. The predicted octanol–water partition coefficient (Wildman–Crippen LogP) is 2.01. The number of aliphatic carboxylic acids is 1. The molecule has 0 atom stereocenters. The van der Waals surface area contributed by atoms with E-state index >= 15 is 0 Å². The molecule has 0 amide bonds. The molecule has 24 heavy (non-hydrogen) atoms. The molecule has 0 unspecified atom stereocenters. The van der Waals surface area contributed by atoms with Crippen LogP contribution in [0.1, 0.15) is 25.3 Å². The van der Waals surface area contributed by atoms with Crippen molar-refractivity contribution in [3.05, 3.63) is 39.9 Å². The van der Waals surface area contributed by atoms with Crippen molar-refractivity contribution in [3.63, 3.8) is 0 Å². The second kappa shape index (κ2) is 8.75. The van der Waals surface area contributed by atoms with Crippen LogP contribution >= 0.6 is 0 Å². The molecule has 2 rings (SSSR count). The average molecular weight is 335 g/mol. The number of likely N-dealkylation sites (N-methyl/N-ethyl adjacent to an activating group) is 1. The molecule has 0 aromatic heterocycles. The Kier molecular flexibility index (Phi) is 6.69. The van der Waals surface area contributed by atoms with Crippen molar-refractivity contribution < 1.29 is 14.8 Å². The van der Waals surface area contributed by atoms with Gasteiger partial charge in [0.1, 0.15) is 0 Å². The van der Waals surface area contributed by atoms with Crippen molar-refractivity contribution in [1.82, 2.24) is 9.80 Å². The minimum absolute atomic E-state index is 0.115. The number of carboxylic acids is 1. The topological polar surface area (TPSA) is 86.9 Å². The lowest BCUT2D eigenvalue weighted by atomic mass is 10.0. The van der Waals surface area contributed by atoms with Crippen LogP contribution in [-0.2, 0) is 11.2 Å². The molecule has 1 heterocycles. The molecule has 0 saturated carbocycles. The number of carboxylic acid groups (broad SMARTS) is 1. The van der Waals surface area contributed by atoms with E-state index in [1.165, 1.54) is 0 Å².